The molecule has 2 aromatic carbocycles. The van der Waals surface area contributed by atoms with Crippen molar-refractivity contribution >= 4 is 0 Å². The smallest absolute Gasteiger partial charge is 0.872 e. The predicted octanol–water partition coefficient (Wildman–Crippen LogP) is 6.10. The van der Waals surface area contributed by atoms with E-state index in [-0.39, 0.29) is 59.4 Å². The Morgan fingerprint density at radius 3 is 1.02 bits per heavy atom. The molecule has 2 rings (SSSR count). The fourth-order valence-corrected chi connectivity index (χ4v) is 4.63. The maximum atomic E-state index is 13.8. The zero-order chi connectivity index (χ0) is 36.6. The molecule has 0 bridgehead atoms. The largest absolute Gasteiger partial charge is 4.00 e. The quantitative estimate of drug-likeness (QED) is 0.342. The van der Waals surface area contributed by atoms with Crippen molar-refractivity contribution in [1.82, 2.24) is 9.80 Å². The second-order valence-electron chi connectivity index (χ2n) is 17.6. The third-order valence-electron chi connectivity index (χ3n) is 7.33. The van der Waals surface area contributed by atoms with Gasteiger partial charge >= 0.3 is 26.2 Å². The summed E-state index contributed by atoms with van der Waals surface area (Å²) in [5.74, 6) is 0.253. The molecular weight excluding hydrogens is 664 g/mol. The van der Waals surface area contributed by atoms with Gasteiger partial charge in [0.15, 0.2) is 0 Å². The number of rotatable bonds is 7. The van der Waals surface area contributed by atoms with E-state index in [4.69, 9.17) is 0 Å². The summed E-state index contributed by atoms with van der Waals surface area (Å²) in [6.45, 7) is 34.9. The molecule has 7 heteroatoms. The van der Waals surface area contributed by atoms with Crippen molar-refractivity contribution < 1.29 is 46.6 Å². The van der Waals surface area contributed by atoms with Crippen molar-refractivity contribution in [3.05, 3.63) is 57.6 Å². The molecule has 0 fully saturated rings. The maximum Gasteiger partial charge on any atom is 4.00 e. The second kappa shape index (κ2) is 19.2. The fraction of sp³-hybridized carbons (Fsp3) is 0.700. The van der Waals surface area contributed by atoms with E-state index < -0.39 is 12.2 Å². The first-order valence-electron chi connectivity index (χ1n) is 16.9. The number of hydrogen-bond acceptors (Lipinski definition) is 6. The summed E-state index contributed by atoms with van der Waals surface area (Å²) in [6, 6.07) is 8.41. The van der Waals surface area contributed by atoms with Gasteiger partial charge in [-0.05, 0) is 69.1 Å². The first kappa shape index (κ1) is 47.9. The summed E-state index contributed by atoms with van der Waals surface area (Å²) in [4.78, 5) is 4.44. The van der Waals surface area contributed by atoms with Gasteiger partial charge in [-0.25, -0.2) is 0 Å². The van der Waals surface area contributed by atoms with Crippen LogP contribution in [0.15, 0.2) is 24.3 Å². The van der Waals surface area contributed by atoms with Crippen LogP contribution in [0.2, 0.25) is 0 Å². The third kappa shape index (κ3) is 17.8. The summed E-state index contributed by atoms with van der Waals surface area (Å²) in [5.41, 5.74) is 5.09. The van der Waals surface area contributed by atoms with E-state index in [1.54, 1.807) is 27.7 Å². The average molecular weight is 732 g/mol. The molecule has 0 atom stereocenters. The van der Waals surface area contributed by atoms with Crippen LogP contribution in [0.4, 0.5) is 0 Å². The average Bonchev–Trinajstić information content (AvgIpc) is 2.81. The van der Waals surface area contributed by atoms with Crippen LogP contribution in [0.25, 0.3) is 0 Å². The summed E-state index contributed by atoms with van der Waals surface area (Å²) in [5, 5.41) is 46.6. The van der Waals surface area contributed by atoms with Crippen molar-refractivity contribution in [2.45, 2.75) is 158 Å². The summed E-state index contributed by atoms with van der Waals surface area (Å²) in [7, 11) is 4.12. The minimum atomic E-state index is -0.417. The second-order valence-corrected chi connectivity index (χ2v) is 17.6. The van der Waals surface area contributed by atoms with Gasteiger partial charge in [-0.3, -0.25) is 4.90 Å². The molecule has 0 heterocycles. The van der Waals surface area contributed by atoms with Gasteiger partial charge in [-0.2, -0.15) is 0 Å². The van der Waals surface area contributed by atoms with Crippen molar-refractivity contribution in [3.63, 3.8) is 0 Å². The molecule has 266 valence electrons. The van der Waals surface area contributed by atoms with Gasteiger partial charge in [-0.15, -0.1) is 23.7 Å². The summed E-state index contributed by atoms with van der Waals surface area (Å²) < 4.78 is 0. The van der Waals surface area contributed by atoms with E-state index in [1.807, 2.05) is 0 Å². The van der Waals surface area contributed by atoms with Crippen LogP contribution in [0, 0.1) is 0 Å². The minimum Gasteiger partial charge on any atom is -0.872 e. The molecule has 47 heavy (non-hydrogen) atoms. The van der Waals surface area contributed by atoms with Gasteiger partial charge in [0, 0.05) is 26.2 Å². The number of benzene rings is 2. The Kier molecular flexibility index (Phi) is 19.6. The van der Waals surface area contributed by atoms with Crippen molar-refractivity contribution in [1.29, 1.82) is 0 Å². The minimum absolute atomic E-state index is 0. The van der Waals surface area contributed by atoms with E-state index in [9.17, 15) is 20.4 Å². The molecule has 0 N–H and O–H groups in total. The van der Waals surface area contributed by atoms with Crippen LogP contribution in [0.5, 0.6) is 11.5 Å². The molecule has 2 aromatic rings. The van der Waals surface area contributed by atoms with Crippen LogP contribution in [-0.4, -0.2) is 49.2 Å². The number of hydrogen-bond donors (Lipinski definition) is 0. The molecule has 0 amide bonds. The molecule has 0 saturated heterocycles. The standard InChI is InChI=1S/C34H56N2O2.2C3H7O.Zr/c1-31(2,3)25-17-23(29(37)27(19-25)33(7,8)9)21-36(16-15-35(13)14)22-24-18-26(32(4,5)6)20-28(30(24)38)34(10,11)12;2*1-3(2)4;/h17-20,37-38H,15-16,21-22H2,1-14H3;2*3H,1-2H3;/q;2*-1;+4/p-2. The molecule has 0 unspecified atom stereocenters. The Morgan fingerprint density at radius 1 is 0.532 bits per heavy atom. The normalized spacial score (nSPS) is 12.5. The Balaban J connectivity index is 0. The van der Waals surface area contributed by atoms with Crippen LogP contribution in [-0.2, 0) is 61.0 Å². The van der Waals surface area contributed by atoms with Gasteiger partial charge in [0.1, 0.15) is 0 Å². The van der Waals surface area contributed by atoms with E-state index in [2.05, 4.69) is 131 Å². The van der Waals surface area contributed by atoms with Gasteiger partial charge in [0.25, 0.3) is 0 Å². The topological polar surface area (TPSA) is 98.7 Å². The maximum absolute atomic E-state index is 13.8. The molecule has 0 aliphatic heterocycles. The molecule has 0 radical (unpaired) electrons. The molecule has 6 nitrogen and oxygen atoms in total. The van der Waals surface area contributed by atoms with Crippen LogP contribution in [0.1, 0.15) is 144 Å². The zero-order valence-corrected chi connectivity index (χ0v) is 35.8. The molecule has 0 aromatic heterocycles. The summed E-state index contributed by atoms with van der Waals surface area (Å²) >= 11 is 0. The fourth-order valence-electron chi connectivity index (χ4n) is 4.63. The molecule has 0 saturated carbocycles. The Bertz CT molecular complexity index is 1120. The molecule has 0 aliphatic rings. The Morgan fingerprint density at radius 2 is 0.809 bits per heavy atom. The van der Waals surface area contributed by atoms with Gasteiger partial charge in [0.05, 0.1) is 0 Å². The van der Waals surface area contributed by atoms with E-state index in [0.717, 1.165) is 35.3 Å². The van der Waals surface area contributed by atoms with Crippen molar-refractivity contribution in [3.8, 4) is 11.5 Å². The van der Waals surface area contributed by atoms with Crippen LogP contribution >= 0.6 is 0 Å². The van der Waals surface area contributed by atoms with Crippen molar-refractivity contribution in [2.75, 3.05) is 27.2 Å². The monoisotopic (exact) mass is 730 g/mol. The predicted molar refractivity (Wildman–Crippen MR) is 190 cm³/mol. The number of likely N-dealkylation sites (N-methyl/N-ethyl adjacent to an activating group) is 1. The van der Waals surface area contributed by atoms with Gasteiger partial charge in [0.2, 0.25) is 0 Å². The summed E-state index contributed by atoms with van der Waals surface area (Å²) in [6.07, 6.45) is -0.833. The SMILES string of the molecule is CC(C)[O-].CC(C)[O-].CN(C)CCN(Cc1cc(C(C)(C)C)cc(C(C)(C)C)c1[O-])Cc1cc(C(C)(C)C)cc(C(C)(C)C)c1[O-].[Zr+4]. The Hall–Kier alpha value is -1.24. The molecule has 0 spiro atoms. The first-order valence-corrected chi connectivity index (χ1v) is 16.9. The van der Waals surface area contributed by atoms with E-state index in [1.165, 1.54) is 11.1 Å². The van der Waals surface area contributed by atoms with Gasteiger partial charge in [-0.1, -0.05) is 135 Å². The third-order valence-corrected chi connectivity index (χ3v) is 7.33. The van der Waals surface area contributed by atoms with E-state index in [0.29, 0.717) is 13.1 Å². The van der Waals surface area contributed by atoms with E-state index >= 15 is 0 Å². The van der Waals surface area contributed by atoms with Crippen LogP contribution in [0.3, 0.4) is 0 Å². The molecule has 0 aliphatic carbocycles. The Labute approximate surface area is 309 Å². The van der Waals surface area contributed by atoms with Crippen LogP contribution < -0.4 is 20.4 Å². The zero-order valence-electron chi connectivity index (χ0n) is 33.3. The van der Waals surface area contributed by atoms with Gasteiger partial charge < -0.3 is 25.3 Å². The first-order chi connectivity index (χ1) is 20.5. The molecular formula is C40H68N2O4Zr. The number of nitrogens with zero attached hydrogens (tertiary/aromatic N) is 2. The van der Waals surface area contributed by atoms with Crippen molar-refractivity contribution in [2.24, 2.45) is 0 Å².